The number of carbonyl (C=O) groups excluding carboxylic acids is 1. The van der Waals surface area contributed by atoms with Gasteiger partial charge in [-0.25, -0.2) is 13.4 Å². The maximum absolute atomic E-state index is 13.3. The summed E-state index contributed by atoms with van der Waals surface area (Å²) in [6, 6.07) is 2.26. The fourth-order valence-electron chi connectivity index (χ4n) is 3.71. The Labute approximate surface area is 168 Å². The van der Waals surface area contributed by atoms with E-state index in [1.165, 1.54) is 17.2 Å². The van der Waals surface area contributed by atoms with E-state index in [2.05, 4.69) is 10.3 Å². The monoisotopic (exact) mass is 434 g/mol. The van der Waals surface area contributed by atoms with Crippen molar-refractivity contribution < 1.29 is 26.4 Å². The minimum atomic E-state index is -4.50. The Morgan fingerprint density at radius 2 is 1.97 bits per heavy atom. The van der Waals surface area contributed by atoms with Crippen LogP contribution in [0.3, 0.4) is 0 Å². The van der Waals surface area contributed by atoms with Gasteiger partial charge in [-0.1, -0.05) is 0 Å². The minimum Gasteiger partial charge on any atom is -0.355 e. The number of hydrogen-bond donors (Lipinski definition) is 1. The summed E-state index contributed by atoms with van der Waals surface area (Å²) in [5.41, 5.74) is -0.791. The standard InChI is InChI=1S/C18H25F3N4O3S/c19-18(20,21)15-4-1-5-22-16(15)25-7-2-3-14(13-25)17(26)23-6-8-24-9-11-29(27,28)12-10-24/h1,4-5,14H,2-3,6-13H2,(H,23,26)/t14-/m1/s1. The molecule has 1 aromatic heterocycles. The molecule has 0 bridgehead atoms. The number of nitrogens with zero attached hydrogens (tertiary/aromatic N) is 3. The van der Waals surface area contributed by atoms with Crippen molar-refractivity contribution in [3.8, 4) is 0 Å². The van der Waals surface area contributed by atoms with Crippen molar-refractivity contribution in [3.63, 3.8) is 0 Å². The number of aromatic nitrogens is 1. The van der Waals surface area contributed by atoms with Gasteiger partial charge in [-0.05, 0) is 25.0 Å². The highest BCUT2D eigenvalue weighted by Crippen LogP contribution is 2.36. The van der Waals surface area contributed by atoms with E-state index in [4.69, 9.17) is 0 Å². The average molecular weight is 434 g/mol. The van der Waals surface area contributed by atoms with E-state index >= 15 is 0 Å². The SMILES string of the molecule is O=C(NCCN1CCS(=O)(=O)CC1)[C@@H]1CCCN(c2ncccc2C(F)(F)F)C1. The van der Waals surface area contributed by atoms with Crippen molar-refractivity contribution in [3.05, 3.63) is 23.9 Å². The normalized spacial score (nSPS) is 23.0. The van der Waals surface area contributed by atoms with Crippen molar-refractivity contribution in [1.29, 1.82) is 0 Å². The van der Waals surface area contributed by atoms with Crippen LogP contribution in [0.15, 0.2) is 18.3 Å². The Bertz CT molecular complexity index is 818. The number of hydrogen-bond acceptors (Lipinski definition) is 6. The second-order valence-electron chi connectivity index (χ2n) is 7.44. The molecule has 29 heavy (non-hydrogen) atoms. The van der Waals surface area contributed by atoms with Gasteiger partial charge in [0.05, 0.1) is 23.0 Å². The second kappa shape index (κ2) is 8.86. The molecule has 7 nitrogen and oxygen atoms in total. The molecule has 1 amide bonds. The quantitative estimate of drug-likeness (QED) is 0.749. The van der Waals surface area contributed by atoms with Crippen LogP contribution in [0.1, 0.15) is 18.4 Å². The van der Waals surface area contributed by atoms with Crippen LogP contribution in [-0.2, 0) is 20.8 Å². The molecule has 0 aliphatic carbocycles. The van der Waals surface area contributed by atoms with Gasteiger partial charge in [0.2, 0.25) is 5.91 Å². The third kappa shape index (κ3) is 5.81. The smallest absolute Gasteiger partial charge is 0.355 e. The van der Waals surface area contributed by atoms with E-state index < -0.39 is 27.5 Å². The third-order valence-electron chi connectivity index (χ3n) is 5.35. The Kier molecular flexibility index (Phi) is 6.67. The van der Waals surface area contributed by atoms with Gasteiger partial charge < -0.3 is 10.2 Å². The van der Waals surface area contributed by atoms with E-state index in [0.717, 1.165) is 6.07 Å². The molecule has 162 valence electrons. The average Bonchev–Trinajstić information content (AvgIpc) is 2.68. The van der Waals surface area contributed by atoms with E-state index in [1.807, 2.05) is 4.90 Å². The summed E-state index contributed by atoms with van der Waals surface area (Å²) in [6.45, 7) is 2.45. The zero-order valence-corrected chi connectivity index (χ0v) is 16.8. The molecular formula is C18H25F3N4O3S. The Morgan fingerprint density at radius 3 is 2.66 bits per heavy atom. The van der Waals surface area contributed by atoms with Gasteiger partial charge >= 0.3 is 6.18 Å². The first-order valence-corrected chi connectivity index (χ1v) is 11.5. The van der Waals surface area contributed by atoms with Crippen molar-refractivity contribution in [2.45, 2.75) is 19.0 Å². The minimum absolute atomic E-state index is 0.129. The number of anilines is 1. The number of piperidine rings is 1. The molecule has 0 spiro atoms. The summed E-state index contributed by atoms with van der Waals surface area (Å²) in [5, 5.41) is 2.84. The molecule has 0 aromatic carbocycles. The number of nitrogens with one attached hydrogen (secondary N) is 1. The summed E-state index contributed by atoms with van der Waals surface area (Å²) in [7, 11) is -2.94. The van der Waals surface area contributed by atoms with Gasteiger partial charge in [-0.3, -0.25) is 9.69 Å². The van der Waals surface area contributed by atoms with Crippen LogP contribution in [-0.4, -0.2) is 75.0 Å². The predicted molar refractivity (Wildman–Crippen MR) is 102 cm³/mol. The van der Waals surface area contributed by atoms with Crippen molar-refractivity contribution in [2.75, 3.05) is 55.7 Å². The highest BCUT2D eigenvalue weighted by Gasteiger charge is 2.37. The maximum Gasteiger partial charge on any atom is 0.419 e. The van der Waals surface area contributed by atoms with Gasteiger partial charge in [-0.2, -0.15) is 13.2 Å². The van der Waals surface area contributed by atoms with Crippen LogP contribution >= 0.6 is 0 Å². The molecule has 3 heterocycles. The number of carbonyl (C=O) groups is 1. The Balaban J connectivity index is 1.53. The molecule has 2 saturated heterocycles. The van der Waals surface area contributed by atoms with Crippen LogP contribution < -0.4 is 10.2 Å². The summed E-state index contributed by atoms with van der Waals surface area (Å²) in [4.78, 5) is 19.9. The van der Waals surface area contributed by atoms with Crippen molar-refractivity contribution in [2.24, 2.45) is 5.92 Å². The number of rotatable bonds is 5. The molecule has 1 atom stereocenters. The summed E-state index contributed by atoms with van der Waals surface area (Å²) < 4.78 is 62.7. The molecule has 0 saturated carbocycles. The molecule has 2 fully saturated rings. The fourth-order valence-corrected chi connectivity index (χ4v) is 4.99. The van der Waals surface area contributed by atoms with E-state index in [9.17, 15) is 26.4 Å². The molecule has 0 radical (unpaired) electrons. The Morgan fingerprint density at radius 1 is 1.24 bits per heavy atom. The molecular weight excluding hydrogens is 409 g/mol. The molecule has 0 unspecified atom stereocenters. The number of sulfone groups is 1. The lowest BCUT2D eigenvalue weighted by Gasteiger charge is -2.34. The summed E-state index contributed by atoms with van der Waals surface area (Å²) >= 11 is 0. The van der Waals surface area contributed by atoms with Gasteiger partial charge in [0, 0.05) is 45.5 Å². The number of pyridine rings is 1. The van der Waals surface area contributed by atoms with Crippen LogP contribution in [0.25, 0.3) is 0 Å². The lowest BCUT2D eigenvalue weighted by atomic mass is 9.96. The maximum atomic E-state index is 13.3. The van der Waals surface area contributed by atoms with E-state index in [0.29, 0.717) is 45.6 Å². The van der Waals surface area contributed by atoms with Gasteiger partial charge in [0.1, 0.15) is 5.82 Å². The summed E-state index contributed by atoms with van der Waals surface area (Å²) in [5.74, 6) is -0.474. The first-order valence-electron chi connectivity index (χ1n) is 9.63. The fraction of sp³-hybridized carbons (Fsp3) is 0.667. The molecule has 3 rings (SSSR count). The van der Waals surface area contributed by atoms with Crippen LogP contribution in [0.5, 0.6) is 0 Å². The third-order valence-corrected chi connectivity index (χ3v) is 6.96. The second-order valence-corrected chi connectivity index (χ2v) is 9.75. The largest absolute Gasteiger partial charge is 0.419 e. The molecule has 1 aromatic rings. The first-order chi connectivity index (χ1) is 13.7. The number of amides is 1. The first kappa shape index (κ1) is 21.8. The molecule has 2 aliphatic heterocycles. The van der Waals surface area contributed by atoms with Crippen LogP contribution in [0.2, 0.25) is 0 Å². The summed E-state index contributed by atoms with van der Waals surface area (Å²) in [6.07, 6.45) is -1.96. The van der Waals surface area contributed by atoms with Crippen LogP contribution in [0, 0.1) is 5.92 Å². The highest BCUT2D eigenvalue weighted by molar-refractivity contribution is 7.91. The van der Waals surface area contributed by atoms with Gasteiger partial charge in [-0.15, -0.1) is 0 Å². The van der Waals surface area contributed by atoms with E-state index in [1.54, 1.807) is 0 Å². The molecule has 1 N–H and O–H groups in total. The lowest BCUT2D eigenvalue weighted by molar-refractivity contribution is -0.137. The Hall–Kier alpha value is -1.88. The highest BCUT2D eigenvalue weighted by atomic mass is 32.2. The zero-order chi connectivity index (χ0) is 21.1. The number of halogens is 3. The van der Waals surface area contributed by atoms with E-state index in [-0.39, 0.29) is 29.8 Å². The lowest BCUT2D eigenvalue weighted by Crippen LogP contribution is -2.47. The van der Waals surface area contributed by atoms with Gasteiger partial charge in [0.15, 0.2) is 9.84 Å². The topological polar surface area (TPSA) is 82.6 Å². The molecule has 2 aliphatic rings. The van der Waals surface area contributed by atoms with Crippen molar-refractivity contribution in [1.82, 2.24) is 15.2 Å². The van der Waals surface area contributed by atoms with Crippen LogP contribution in [0.4, 0.5) is 19.0 Å². The molecule has 11 heteroatoms. The van der Waals surface area contributed by atoms with Crippen molar-refractivity contribution >= 4 is 21.6 Å². The zero-order valence-electron chi connectivity index (χ0n) is 16.0. The van der Waals surface area contributed by atoms with Gasteiger partial charge in [0.25, 0.3) is 0 Å². The number of alkyl halides is 3. The predicted octanol–water partition coefficient (Wildman–Crippen LogP) is 1.16.